The Morgan fingerprint density at radius 3 is 1.56 bits per heavy atom. The first-order valence-corrected chi connectivity index (χ1v) is 19.5. The van der Waals surface area contributed by atoms with E-state index in [-0.39, 0.29) is 11.5 Å². The van der Waals surface area contributed by atoms with Crippen molar-refractivity contribution in [2.45, 2.75) is 59.2 Å². The molecule has 12 heteroatoms. The van der Waals surface area contributed by atoms with Gasteiger partial charge in [-0.3, -0.25) is 9.97 Å². The van der Waals surface area contributed by atoms with E-state index in [4.69, 9.17) is 18.9 Å². The maximum Gasteiger partial charge on any atom is 0.344 e. The number of hydrogen-bond acceptors (Lipinski definition) is 10. The maximum absolute atomic E-state index is 12.2. The number of benzene rings is 4. The van der Waals surface area contributed by atoms with Crippen LogP contribution in [-0.4, -0.2) is 41.1 Å². The molecule has 0 N–H and O–H groups in total. The molecule has 2 aromatic heterocycles. The minimum absolute atomic E-state index is 0.157. The highest BCUT2D eigenvalue weighted by Crippen LogP contribution is 2.35. The van der Waals surface area contributed by atoms with Crippen LogP contribution in [0.4, 0.5) is 0 Å². The average Bonchev–Trinajstić information content (AvgIpc) is 3.17. The summed E-state index contributed by atoms with van der Waals surface area (Å²) in [5.41, 5.74) is 1.53. The molecule has 0 saturated heterocycles. The predicted octanol–water partition coefficient (Wildman–Crippen LogP) is 8.04. The fraction of sp³-hybridized carbons (Fsp3) is 0.167. The van der Waals surface area contributed by atoms with Crippen LogP contribution in [0, 0.1) is 0 Å². The molecule has 0 fully saturated rings. The Balaban J connectivity index is 0.000000486. The Morgan fingerprint density at radius 2 is 1.11 bits per heavy atom. The third kappa shape index (κ3) is 12.8. The smallest absolute Gasteiger partial charge is 0.344 e. The van der Waals surface area contributed by atoms with Crippen molar-refractivity contribution in [1.29, 1.82) is 0 Å². The highest BCUT2D eigenvalue weighted by Gasteiger charge is 2.30. The van der Waals surface area contributed by atoms with E-state index in [1.807, 2.05) is 93.6 Å². The zero-order valence-corrected chi connectivity index (χ0v) is 31.7. The number of pyridine rings is 2. The quantitative estimate of drug-likeness (QED) is 0.0646. The monoisotopic (exact) mass is 764 g/mol. The van der Waals surface area contributed by atoms with Gasteiger partial charge in [-0.05, 0) is 117 Å². The summed E-state index contributed by atoms with van der Waals surface area (Å²) in [5.74, 6) is 1.74. The second-order valence-electron chi connectivity index (χ2n) is 12.7. The summed E-state index contributed by atoms with van der Waals surface area (Å²) in [6.45, 7) is 6.23. The van der Waals surface area contributed by atoms with Crippen molar-refractivity contribution in [3.8, 4) is 17.2 Å². The van der Waals surface area contributed by atoms with Crippen LogP contribution in [-0.2, 0) is 43.8 Å². The van der Waals surface area contributed by atoms with Crippen LogP contribution in [0.1, 0.15) is 31.9 Å². The van der Waals surface area contributed by atoms with Gasteiger partial charge in [0.1, 0.15) is 46.2 Å². The maximum atomic E-state index is 12.2. The molecule has 4 aromatic carbocycles. The Kier molecular flexibility index (Phi) is 13.8. The minimum atomic E-state index is -4.25. The van der Waals surface area contributed by atoms with E-state index in [0.717, 1.165) is 37.3 Å². The van der Waals surface area contributed by atoms with Crippen LogP contribution in [0.5, 0.6) is 17.2 Å². The molecule has 0 aliphatic carbocycles. The molecule has 278 valence electrons. The van der Waals surface area contributed by atoms with Gasteiger partial charge >= 0.3 is 5.97 Å². The van der Waals surface area contributed by atoms with Gasteiger partial charge in [0, 0.05) is 36.9 Å². The minimum Gasteiger partial charge on any atom is -0.744 e. The van der Waals surface area contributed by atoms with Crippen molar-refractivity contribution in [1.82, 2.24) is 9.97 Å². The number of ether oxygens (including phenoxy) is 4. The molecule has 0 spiro atoms. The van der Waals surface area contributed by atoms with Gasteiger partial charge in [-0.1, -0.05) is 30.3 Å². The van der Waals surface area contributed by atoms with Crippen LogP contribution in [0.15, 0.2) is 172 Å². The van der Waals surface area contributed by atoms with E-state index in [0.29, 0.717) is 19.0 Å². The SMILES string of the molecule is CC(C)(C)OC(=O)COc1ccc([S+](c2cccc(OCc3ccncc3)c2)c2cccc(OCc3ccncc3)c2)cc1.O=S(=O)([O-])c1ccccc1. The molecule has 0 amide bonds. The van der Waals surface area contributed by atoms with Gasteiger partial charge in [0.05, 0.1) is 15.8 Å². The summed E-state index contributed by atoms with van der Waals surface area (Å²) in [4.78, 5) is 23.4. The van der Waals surface area contributed by atoms with Gasteiger partial charge in [0.2, 0.25) is 0 Å². The van der Waals surface area contributed by atoms with E-state index in [1.165, 1.54) is 24.3 Å². The lowest BCUT2D eigenvalue weighted by atomic mass is 10.2. The van der Waals surface area contributed by atoms with Crippen molar-refractivity contribution < 1.29 is 36.7 Å². The normalized spacial score (nSPS) is 11.2. The zero-order valence-electron chi connectivity index (χ0n) is 30.0. The van der Waals surface area contributed by atoms with E-state index in [2.05, 4.69) is 34.2 Å². The Bertz CT molecular complexity index is 2100. The highest BCUT2D eigenvalue weighted by molar-refractivity contribution is 7.97. The molecule has 0 atom stereocenters. The lowest BCUT2D eigenvalue weighted by molar-refractivity contribution is -0.157. The summed E-state index contributed by atoms with van der Waals surface area (Å²) >= 11 is 0. The third-order valence-electron chi connectivity index (χ3n) is 7.26. The van der Waals surface area contributed by atoms with Crippen LogP contribution < -0.4 is 14.2 Å². The standard InChI is InChI=1S/C36H35N2O5S.C6H6O3S/c1-36(2,3)43-35(39)26-42-29-10-12-32(13-11-29)44(33-8-4-6-30(22-33)40-24-27-14-18-37-19-15-27)34-9-5-7-31(23-34)41-25-28-16-20-38-21-17-28;7-10(8,9)6-4-2-1-3-5-6/h4-23H,24-26H2,1-3H3;1-5H,(H,7,8,9)/q+1;/p-1. The summed E-state index contributed by atoms with van der Waals surface area (Å²) in [5, 5.41) is 0. The summed E-state index contributed by atoms with van der Waals surface area (Å²) < 4.78 is 54.2. The zero-order chi connectivity index (χ0) is 38.4. The molecule has 0 saturated carbocycles. The van der Waals surface area contributed by atoms with Crippen LogP contribution >= 0.6 is 0 Å². The molecule has 6 aromatic rings. The van der Waals surface area contributed by atoms with Crippen LogP contribution in [0.3, 0.4) is 0 Å². The molecule has 54 heavy (non-hydrogen) atoms. The lowest BCUT2D eigenvalue weighted by Crippen LogP contribution is -2.27. The van der Waals surface area contributed by atoms with Crippen molar-refractivity contribution in [2.75, 3.05) is 6.61 Å². The van der Waals surface area contributed by atoms with Gasteiger partial charge in [-0.15, -0.1) is 0 Å². The summed E-state index contributed by atoms with van der Waals surface area (Å²) in [6.07, 6.45) is 7.04. The van der Waals surface area contributed by atoms with E-state index >= 15 is 0 Å². The first-order chi connectivity index (χ1) is 25.9. The lowest BCUT2D eigenvalue weighted by Gasteiger charge is -2.19. The predicted molar refractivity (Wildman–Crippen MR) is 204 cm³/mol. The van der Waals surface area contributed by atoms with Crippen molar-refractivity contribution >= 4 is 27.0 Å². The van der Waals surface area contributed by atoms with Gasteiger partial charge in [0.25, 0.3) is 0 Å². The Labute approximate surface area is 318 Å². The molecule has 0 aliphatic rings. The third-order valence-corrected chi connectivity index (χ3v) is 10.3. The van der Waals surface area contributed by atoms with Gasteiger partial charge in [-0.25, -0.2) is 13.2 Å². The molecule has 0 bridgehead atoms. The molecule has 0 aliphatic heterocycles. The van der Waals surface area contributed by atoms with Gasteiger partial charge in [-0.2, -0.15) is 0 Å². The number of carbonyl (C=O) groups excluding carboxylic acids is 1. The van der Waals surface area contributed by atoms with E-state index in [1.54, 1.807) is 30.9 Å². The first-order valence-electron chi connectivity index (χ1n) is 16.9. The van der Waals surface area contributed by atoms with Crippen molar-refractivity contribution in [3.05, 3.63) is 163 Å². The molecular formula is C42H40N2O8S2. The molecule has 10 nitrogen and oxygen atoms in total. The number of hydrogen-bond donors (Lipinski definition) is 0. The fourth-order valence-corrected chi connectivity index (χ4v) is 7.47. The number of rotatable bonds is 13. The number of nitrogens with zero attached hydrogens (tertiary/aromatic N) is 2. The van der Waals surface area contributed by atoms with Crippen molar-refractivity contribution in [2.24, 2.45) is 0 Å². The van der Waals surface area contributed by atoms with Crippen LogP contribution in [0.2, 0.25) is 0 Å². The second kappa shape index (κ2) is 18.9. The average molecular weight is 765 g/mol. The van der Waals surface area contributed by atoms with E-state index in [9.17, 15) is 17.8 Å². The summed E-state index contributed by atoms with van der Waals surface area (Å²) in [6, 6.07) is 39.1. The Hall–Kier alpha value is -5.69. The topological polar surface area (TPSA) is 137 Å². The molecule has 0 radical (unpaired) electrons. The Morgan fingerprint density at radius 1 is 0.611 bits per heavy atom. The summed E-state index contributed by atoms with van der Waals surface area (Å²) in [7, 11) is -4.75. The number of aromatic nitrogens is 2. The molecule has 6 rings (SSSR count). The highest BCUT2D eigenvalue weighted by atomic mass is 32.2. The largest absolute Gasteiger partial charge is 0.744 e. The molecule has 0 unspecified atom stereocenters. The van der Waals surface area contributed by atoms with Gasteiger partial charge in [0.15, 0.2) is 21.3 Å². The molecule has 2 heterocycles. The molecular weight excluding hydrogens is 725 g/mol. The van der Waals surface area contributed by atoms with E-state index < -0.39 is 32.6 Å². The first kappa shape index (κ1) is 39.5. The van der Waals surface area contributed by atoms with Gasteiger partial charge < -0.3 is 23.5 Å². The number of esters is 1. The number of carbonyl (C=O) groups is 1. The van der Waals surface area contributed by atoms with Crippen LogP contribution in [0.25, 0.3) is 0 Å². The van der Waals surface area contributed by atoms with Crippen molar-refractivity contribution in [3.63, 3.8) is 0 Å². The fourth-order valence-electron chi connectivity index (χ4n) is 4.85. The second-order valence-corrected chi connectivity index (χ2v) is 16.1.